The summed E-state index contributed by atoms with van der Waals surface area (Å²) in [6.45, 7) is 2.03. The lowest BCUT2D eigenvalue weighted by Crippen LogP contribution is -1.85. The number of nitrogens with zero attached hydrogens (tertiary/aromatic N) is 2. The van der Waals surface area contributed by atoms with Crippen molar-refractivity contribution in [1.82, 2.24) is 9.55 Å². The summed E-state index contributed by atoms with van der Waals surface area (Å²) in [6, 6.07) is 4.12. The average molecular weight is 274 g/mol. The van der Waals surface area contributed by atoms with Crippen molar-refractivity contribution in [1.29, 1.82) is 0 Å². The van der Waals surface area contributed by atoms with Crippen molar-refractivity contribution in [2.45, 2.75) is 6.92 Å². The zero-order valence-electron chi connectivity index (χ0n) is 7.16. The van der Waals surface area contributed by atoms with Crippen LogP contribution in [0.2, 0.25) is 0 Å². The first-order chi connectivity index (χ1) is 5.68. The number of hydrogen-bond acceptors (Lipinski definition) is 1. The lowest BCUT2D eigenvalue weighted by molar-refractivity contribution is 0.874. The molecule has 0 saturated carbocycles. The summed E-state index contributed by atoms with van der Waals surface area (Å²) in [5, 5.41) is 0. The summed E-state index contributed by atoms with van der Waals surface area (Å²) in [7, 11) is 1.96. The Bertz CT molecular complexity index is 316. The Labute approximate surface area is 86.1 Å². The lowest BCUT2D eigenvalue weighted by atomic mass is 10.3. The summed E-state index contributed by atoms with van der Waals surface area (Å²) in [5.74, 6) is 0. The largest absolute Gasteiger partial charge is 0.341 e. The van der Waals surface area contributed by atoms with Crippen molar-refractivity contribution in [3.05, 3.63) is 40.0 Å². The third kappa shape index (κ3) is 3.21. The third-order valence-corrected chi connectivity index (χ3v) is 2.00. The van der Waals surface area contributed by atoms with Gasteiger partial charge < -0.3 is 4.57 Å². The van der Waals surface area contributed by atoms with Crippen LogP contribution in [0.5, 0.6) is 0 Å². The highest BCUT2D eigenvalue weighted by Gasteiger charge is 1.81. The number of aryl methyl sites for hydroxylation is 2. The maximum atomic E-state index is 4.13. The van der Waals surface area contributed by atoms with Gasteiger partial charge in [0.1, 0.15) is 0 Å². The standard InChI is InChI=1S/C9H11IN2/c1-8-3-4-9(10)6-12(2)7-11-5-8/h3-7H,1-2H3. The number of hydrogen-bond donors (Lipinski definition) is 0. The van der Waals surface area contributed by atoms with Crippen LogP contribution in [0.4, 0.5) is 0 Å². The summed E-state index contributed by atoms with van der Waals surface area (Å²) < 4.78 is 3.12. The summed E-state index contributed by atoms with van der Waals surface area (Å²) in [5.41, 5.74) is 1.16. The molecule has 1 heterocycles. The van der Waals surface area contributed by atoms with Crippen LogP contribution in [0.3, 0.4) is 0 Å². The molecule has 12 heavy (non-hydrogen) atoms. The SMILES string of the molecule is Cc1ccc(I)cn(C)cnc1. The average Bonchev–Trinajstić information content (AvgIpc) is 2.05. The molecule has 64 valence electrons. The van der Waals surface area contributed by atoms with Crippen molar-refractivity contribution in [2.75, 3.05) is 0 Å². The van der Waals surface area contributed by atoms with E-state index in [2.05, 4.69) is 39.7 Å². The van der Waals surface area contributed by atoms with Gasteiger partial charge in [-0.2, -0.15) is 0 Å². The van der Waals surface area contributed by atoms with E-state index in [9.17, 15) is 0 Å². The van der Waals surface area contributed by atoms with Crippen molar-refractivity contribution >= 4 is 22.6 Å². The Hall–Kier alpha value is -0.580. The topological polar surface area (TPSA) is 17.8 Å². The molecule has 0 aromatic carbocycles. The van der Waals surface area contributed by atoms with Gasteiger partial charge in [0.15, 0.2) is 0 Å². The Morgan fingerprint density at radius 3 is 2.92 bits per heavy atom. The first-order valence-electron chi connectivity index (χ1n) is 3.66. The van der Waals surface area contributed by atoms with E-state index < -0.39 is 0 Å². The Morgan fingerprint density at radius 2 is 2.17 bits per heavy atom. The minimum Gasteiger partial charge on any atom is -0.341 e. The van der Waals surface area contributed by atoms with Crippen LogP contribution in [-0.4, -0.2) is 9.55 Å². The predicted molar refractivity (Wildman–Crippen MR) is 58.3 cm³/mol. The van der Waals surface area contributed by atoms with E-state index in [4.69, 9.17) is 0 Å². The van der Waals surface area contributed by atoms with E-state index in [1.807, 2.05) is 30.9 Å². The van der Waals surface area contributed by atoms with E-state index in [0.29, 0.717) is 0 Å². The van der Waals surface area contributed by atoms with Crippen molar-refractivity contribution in [3.8, 4) is 0 Å². The van der Waals surface area contributed by atoms with Crippen LogP contribution < -0.4 is 0 Å². The molecule has 0 bridgehead atoms. The fraction of sp³-hybridized carbons (Fsp3) is 0.222. The van der Waals surface area contributed by atoms with Gasteiger partial charge in [0.05, 0.1) is 6.33 Å². The molecule has 0 aliphatic heterocycles. The fourth-order valence-corrected chi connectivity index (χ4v) is 1.40. The second-order valence-corrected chi connectivity index (χ2v) is 3.90. The Kier molecular flexibility index (Phi) is 3.52. The molecule has 0 fully saturated rings. The molecule has 0 amide bonds. The van der Waals surface area contributed by atoms with E-state index in [0.717, 1.165) is 5.56 Å². The first kappa shape index (κ1) is 9.51. The molecule has 0 radical (unpaired) electrons. The summed E-state index contributed by atoms with van der Waals surface area (Å²) in [4.78, 5) is 4.13. The normalized spacial score (nSPS) is 9.25. The third-order valence-electron chi connectivity index (χ3n) is 1.36. The van der Waals surface area contributed by atoms with Crippen LogP contribution in [0, 0.1) is 10.5 Å². The number of halogens is 1. The summed E-state index contributed by atoms with van der Waals surface area (Å²) >= 11 is 2.28. The molecule has 3 heteroatoms. The summed E-state index contributed by atoms with van der Waals surface area (Å²) in [6.07, 6.45) is 5.65. The maximum Gasteiger partial charge on any atom is 0.0942 e. The molecule has 0 aliphatic rings. The predicted octanol–water partition coefficient (Wildman–Crippen LogP) is 2.46. The number of rotatable bonds is 0. The molecule has 0 unspecified atom stereocenters. The highest BCUT2D eigenvalue weighted by molar-refractivity contribution is 14.1. The van der Waals surface area contributed by atoms with Crippen molar-refractivity contribution in [3.63, 3.8) is 0 Å². The molecule has 0 spiro atoms. The van der Waals surface area contributed by atoms with Crippen LogP contribution >= 0.6 is 22.6 Å². The lowest BCUT2D eigenvalue weighted by Gasteiger charge is -1.89. The minimum atomic E-state index is 1.16. The van der Waals surface area contributed by atoms with Gasteiger partial charge in [0, 0.05) is 23.0 Å². The second-order valence-electron chi connectivity index (χ2n) is 2.65. The van der Waals surface area contributed by atoms with Gasteiger partial charge in [0.25, 0.3) is 0 Å². The van der Waals surface area contributed by atoms with Crippen LogP contribution in [0.1, 0.15) is 5.56 Å². The molecule has 1 aromatic heterocycles. The molecule has 2 nitrogen and oxygen atoms in total. The minimum absolute atomic E-state index is 1.16. The molecule has 0 N–H and O–H groups in total. The van der Waals surface area contributed by atoms with Crippen molar-refractivity contribution in [2.24, 2.45) is 7.05 Å². The van der Waals surface area contributed by atoms with Gasteiger partial charge in [0.2, 0.25) is 0 Å². The molecule has 0 atom stereocenters. The van der Waals surface area contributed by atoms with E-state index in [1.165, 1.54) is 3.57 Å². The zero-order valence-corrected chi connectivity index (χ0v) is 9.32. The van der Waals surface area contributed by atoms with Gasteiger partial charge in [-0.15, -0.1) is 0 Å². The van der Waals surface area contributed by atoms with Gasteiger partial charge in [-0.1, -0.05) is 6.07 Å². The van der Waals surface area contributed by atoms with Crippen LogP contribution in [0.25, 0.3) is 0 Å². The van der Waals surface area contributed by atoms with Crippen LogP contribution in [0.15, 0.2) is 30.9 Å². The molecule has 1 aromatic rings. The highest BCUT2D eigenvalue weighted by Crippen LogP contribution is 1.99. The Balaban J connectivity index is 3.33. The van der Waals surface area contributed by atoms with Gasteiger partial charge >= 0.3 is 0 Å². The number of aromatic nitrogens is 2. The quantitative estimate of drug-likeness (QED) is 0.664. The second kappa shape index (κ2) is 4.45. The van der Waals surface area contributed by atoms with Gasteiger partial charge in [-0.3, -0.25) is 0 Å². The first-order valence-corrected chi connectivity index (χ1v) is 4.74. The molecular formula is C9H11IN2. The van der Waals surface area contributed by atoms with Crippen LogP contribution in [-0.2, 0) is 7.05 Å². The molecule has 1 rings (SSSR count). The van der Waals surface area contributed by atoms with Crippen molar-refractivity contribution < 1.29 is 0 Å². The van der Waals surface area contributed by atoms with E-state index in [1.54, 1.807) is 6.33 Å². The molecule has 0 saturated heterocycles. The smallest absolute Gasteiger partial charge is 0.0942 e. The van der Waals surface area contributed by atoms with E-state index >= 15 is 0 Å². The molecular weight excluding hydrogens is 263 g/mol. The maximum absolute atomic E-state index is 4.13. The van der Waals surface area contributed by atoms with Gasteiger partial charge in [-0.25, -0.2) is 4.98 Å². The zero-order chi connectivity index (χ0) is 8.97. The molecule has 0 aliphatic carbocycles. The highest BCUT2D eigenvalue weighted by atomic mass is 127. The monoisotopic (exact) mass is 274 g/mol. The Morgan fingerprint density at radius 1 is 1.42 bits per heavy atom. The van der Waals surface area contributed by atoms with E-state index in [-0.39, 0.29) is 0 Å². The fourth-order valence-electron chi connectivity index (χ4n) is 0.781. The van der Waals surface area contributed by atoms with Gasteiger partial charge in [-0.05, 0) is 41.1 Å².